The van der Waals surface area contributed by atoms with Gasteiger partial charge in [0, 0.05) is 18.8 Å². The topological polar surface area (TPSA) is 119 Å². The van der Waals surface area contributed by atoms with Gasteiger partial charge in [-0.1, -0.05) is 6.07 Å². The van der Waals surface area contributed by atoms with E-state index >= 15 is 0 Å². The lowest BCUT2D eigenvalue weighted by Gasteiger charge is -2.30. The van der Waals surface area contributed by atoms with Crippen LogP contribution in [-0.2, 0) is 4.79 Å². The maximum Gasteiger partial charge on any atom is 0.314 e. The molecule has 1 atom stereocenters. The molecule has 9 heteroatoms. The number of aromatic nitrogens is 4. The minimum absolute atomic E-state index is 0.119. The van der Waals surface area contributed by atoms with E-state index in [0.29, 0.717) is 24.6 Å². The quantitative estimate of drug-likeness (QED) is 0.859. The average Bonchev–Trinajstić information content (AvgIpc) is 3.01. The highest BCUT2D eigenvalue weighted by atomic mass is 16.2. The highest BCUT2D eigenvalue weighted by molar-refractivity contribution is 5.93. The summed E-state index contributed by atoms with van der Waals surface area (Å²) in [5.41, 5.74) is 6.72. The van der Waals surface area contributed by atoms with E-state index in [4.69, 9.17) is 5.73 Å². The minimum atomic E-state index is -0.483. The molecule has 126 valence electrons. The van der Waals surface area contributed by atoms with Crippen molar-refractivity contribution < 1.29 is 9.59 Å². The van der Waals surface area contributed by atoms with Gasteiger partial charge in [-0.15, -0.1) is 5.10 Å². The number of primary amides is 1. The Morgan fingerprint density at radius 3 is 2.92 bits per heavy atom. The van der Waals surface area contributed by atoms with Crippen molar-refractivity contribution in [2.24, 2.45) is 11.7 Å². The molecule has 0 radical (unpaired) electrons. The first-order valence-electron chi connectivity index (χ1n) is 7.75. The Morgan fingerprint density at radius 1 is 1.38 bits per heavy atom. The third-order valence-electron chi connectivity index (χ3n) is 4.09. The fourth-order valence-electron chi connectivity index (χ4n) is 2.82. The van der Waals surface area contributed by atoms with Crippen molar-refractivity contribution in [1.82, 2.24) is 25.1 Å². The molecule has 3 N–H and O–H groups in total. The number of hydrogen-bond acceptors (Lipinski definition) is 5. The lowest BCUT2D eigenvalue weighted by Crippen LogP contribution is -2.46. The number of tetrazole rings is 1. The maximum absolute atomic E-state index is 12.5. The number of benzene rings is 1. The van der Waals surface area contributed by atoms with Gasteiger partial charge in [0.2, 0.25) is 5.91 Å². The molecule has 0 unspecified atom stereocenters. The third kappa shape index (κ3) is 3.34. The molecule has 0 bridgehead atoms. The van der Waals surface area contributed by atoms with Crippen LogP contribution in [-0.4, -0.2) is 50.1 Å². The highest BCUT2D eigenvalue weighted by Crippen LogP contribution is 2.20. The second kappa shape index (κ2) is 6.65. The monoisotopic (exact) mass is 329 g/mol. The number of piperidine rings is 1. The van der Waals surface area contributed by atoms with Crippen LogP contribution in [0.25, 0.3) is 5.69 Å². The van der Waals surface area contributed by atoms with Gasteiger partial charge in [0.25, 0.3) is 0 Å². The van der Waals surface area contributed by atoms with Crippen LogP contribution in [0.2, 0.25) is 0 Å². The summed E-state index contributed by atoms with van der Waals surface area (Å²) >= 11 is 0. The molecule has 0 spiro atoms. The number of carbonyl (C=O) groups is 2. The first-order valence-corrected chi connectivity index (χ1v) is 7.75. The predicted molar refractivity (Wildman–Crippen MR) is 86.4 cm³/mol. The van der Waals surface area contributed by atoms with Crippen LogP contribution in [0.5, 0.6) is 0 Å². The van der Waals surface area contributed by atoms with Crippen LogP contribution >= 0.6 is 0 Å². The van der Waals surface area contributed by atoms with E-state index < -0.39 is 6.03 Å². The second-order valence-corrected chi connectivity index (χ2v) is 5.80. The highest BCUT2D eigenvalue weighted by Gasteiger charge is 2.27. The smallest absolute Gasteiger partial charge is 0.314 e. The lowest BCUT2D eigenvalue weighted by atomic mass is 9.97. The molecule has 3 amide bonds. The van der Waals surface area contributed by atoms with Crippen LogP contribution in [0.1, 0.15) is 18.7 Å². The Bertz CT molecular complexity index is 758. The first kappa shape index (κ1) is 15.9. The van der Waals surface area contributed by atoms with Gasteiger partial charge in [0.05, 0.1) is 11.6 Å². The summed E-state index contributed by atoms with van der Waals surface area (Å²) in [6.07, 6.45) is 1.51. The van der Waals surface area contributed by atoms with Gasteiger partial charge in [-0.05, 0) is 48.4 Å². The van der Waals surface area contributed by atoms with Crippen molar-refractivity contribution in [2.75, 3.05) is 18.4 Å². The zero-order valence-electron chi connectivity index (χ0n) is 13.3. The molecule has 1 aromatic carbocycles. The van der Waals surface area contributed by atoms with Gasteiger partial charge < -0.3 is 16.0 Å². The number of urea groups is 1. The van der Waals surface area contributed by atoms with Gasteiger partial charge in [-0.25, -0.2) is 4.79 Å². The lowest BCUT2D eigenvalue weighted by molar-refractivity contribution is -0.121. The summed E-state index contributed by atoms with van der Waals surface area (Å²) in [5, 5.41) is 14.3. The molecule has 1 aliphatic rings. The van der Waals surface area contributed by atoms with Crippen molar-refractivity contribution in [3.8, 4) is 5.69 Å². The summed E-state index contributed by atoms with van der Waals surface area (Å²) in [6, 6.07) is 6.80. The van der Waals surface area contributed by atoms with Crippen molar-refractivity contribution >= 4 is 17.6 Å². The van der Waals surface area contributed by atoms with Gasteiger partial charge in [0.1, 0.15) is 0 Å². The van der Waals surface area contributed by atoms with Gasteiger partial charge in [-0.2, -0.15) is 4.68 Å². The molecule has 0 saturated carbocycles. The summed E-state index contributed by atoms with van der Waals surface area (Å²) in [4.78, 5) is 25.3. The number of anilines is 1. The Labute approximate surface area is 138 Å². The number of nitrogens with two attached hydrogens (primary N) is 1. The van der Waals surface area contributed by atoms with Gasteiger partial charge in [-0.3, -0.25) is 4.79 Å². The van der Waals surface area contributed by atoms with E-state index in [2.05, 4.69) is 20.8 Å². The molecule has 1 saturated heterocycles. The molecular weight excluding hydrogens is 310 g/mol. The van der Waals surface area contributed by atoms with Crippen molar-refractivity contribution in [3.05, 3.63) is 30.1 Å². The fraction of sp³-hybridized carbons (Fsp3) is 0.400. The molecule has 2 heterocycles. The average molecular weight is 329 g/mol. The molecule has 0 aliphatic carbocycles. The Kier molecular flexibility index (Phi) is 4.41. The molecule has 2 aromatic rings. The van der Waals surface area contributed by atoms with Crippen LogP contribution in [0.15, 0.2) is 24.3 Å². The molecular formula is C15H19N7O2. The number of amides is 3. The normalized spacial score (nSPS) is 17.5. The van der Waals surface area contributed by atoms with E-state index in [1.165, 1.54) is 4.90 Å². The van der Waals surface area contributed by atoms with Crippen molar-refractivity contribution in [2.45, 2.75) is 19.8 Å². The summed E-state index contributed by atoms with van der Waals surface area (Å²) in [6.45, 7) is 2.76. The van der Waals surface area contributed by atoms with E-state index in [9.17, 15) is 9.59 Å². The Morgan fingerprint density at radius 2 is 2.21 bits per heavy atom. The fourth-order valence-corrected chi connectivity index (χ4v) is 2.82. The molecule has 1 aliphatic heterocycles. The summed E-state index contributed by atoms with van der Waals surface area (Å²) in [5.74, 6) is 0.277. The summed E-state index contributed by atoms with van der Waals surface area (Å²) in [7, 11) is 0. The van der Waals surface area contributed by atoms with Crippen LogP contribution in [0, 0.1) is 12.8 Å². The second-order valence-electron chi connectivity index (χ2n) is 5.80. The number of rotatable bonds is 3. The molecule has 24 heavy (non-hydrogen) atoms. The largest absolute Gasteiger partial charge is 0.351 e. The zero-order chi connectivity index (χ0) is 17.1. The number of aryl methyl sites for hydroxylation is 1. The summed E-state index contributed by atoms with van der Waals surface area (Å²) < 4.78 is 1.59. The minimum Gasteiger partial charge on any atom is -0.351 e. The maximum atomic E-state index is 12.5. The molecule has 1 fully saturated rings. The molecule has 9 nitrogen and oxygen atoms in total. The Hall–Kier alpha value is -2.97. The van der Waals surface area contributed by atoms with E-state index in [-0.39, 0.29) is 11.8 Å². The number of hydrogen-bond donors (Lipinski definition) is 2. The molecule has 1 aromatic heterocycles. The van der Waals surface area contributed by atoms with Gasteiger partial charge >= 0.3 is 6.03 Å². The molecule has 3 rings (SSSR count). The Balaban J connectivity index is 1.71. The zero-order valence-corrected chi connectivity index (χ0v) is 13.3. The number of nitrogens with one attached hydrogen (secondary N) is 1. The van der Waals surface area contributed by atoms with Crippen LogP contribution < -0.4 is 11.1 Å². The first-order chi connectivity index (χ1) is 11.5. The van der Waals surface area contributed by atoms with Gasteiger partial charge in [0.15, 0.2) is 5.82 Å². The third-order valence-corrected chi connectivity index (χ3v) is 4.09. The number of carbonyl (C=O) groups excluding carboxylic acids is 2. The standard InChI is InChI=1S/C15H19N7O2/c1-10-18-19-20-22(10)13-6-2-5-12(8-13)17-14(23)11-4-3-7-21(9-11)15(16)24/h2,5-6,8,11H,3-4,7,9H2,1H3,(H2,16,24)(H,17,23)/t11-/m1/s1. The van der Waals surface area contributed by atoms with E-state index in [0.717, 1.165) is 18.5 Å². The van der Waals surface area contributed by atoms with E-state index in [1.807, 2.05) is 12.1 Å². The predicted octanol–water partition coefficient (Wildman–Crippen LogP) is 0.700. The van der Waals surface area contributed by atoms with Crippen LogP contribution in [0.3, 0.4) is 0 Å². The number of nitrogens with zero attached hydrogens (tertiary/aromatic N) is 5. The van der Waals surface area contributed by atoms with Crippen molar-refractivity contribution in [1.29, 1.82) is 0 Å². The SMILES string of the molecule is Cc1nnnn1-c1cccc(NC(=O)[C@@H]2CCCN(C(N)=O)C2)c1. The van der Waals surface area contributed by atoms with Crippen molar-refractivity contribution in [3.63, 3.8) is 0 Å². The van der Waals surface area contributed by atoms with Crippen LogP contribution in [0.4, 0.5) is 10.5 Å². The number of likely N-dealkylation sites (tertiary alicyclic amines) is 1. The van der Waals surface area contributed by atoms with E-state index in [1.54, 1.807) is 23.7 Å².